The molecule has 19 heteroatoms. The number of Topliss-reactive ketones (excluding diaryl/α,β-unsaturated/α-hetero) is 1. The second kappa shape index (κ2) is 31.5. The molecule has 6 N–H and O–H groups in total. The fourth-order valence-electron chi connectivity index (χ4n) is 7.86. The summed E-state index contributed by atoms with van der Waals surface area (Å²) in [4.78, 5) is 39.4. The zero-order valence-corrected chi connectivity index (χ0v) is 51.1. The Morgan fingerprint density at radius 3 is 1.28 bits per heavy atom. The van der Waals surface area contributed by atoms with Gasteiger partial charge in [0.1, 0.15) is 29.8 Å². The number of hydrogen-bond acceptors (Lipinski definition) is 12. The predicted molar refractivity (Wildman–Crippen MR) is 342 cm³/mol. The van der Waals surface area contributed by atoms with Gasteiger partial charge in [-0.2, -0.15) is 0 Å². The Balaban J connectivity index is 0.000000177. The molecule has 0 saturated heterocycles. The van der Waals surface area contributed by atoms with Crippen molar-refractivity contribution in [3.8, 4) is 17.2 Å². The normalized spacial score (nSPS) is 10.6. The van der Waals surface area contributed by atoms with Crippen LogP contribution in [0.2, 0.25) is 35.2 Å². The van der Waals surface area contributed by atoms with Gasteiger partial charge in [-0.05, 0) is 127 Å². The molecular formula is C63H50Cl7N3O6S3. The number of nitrogens with one attached hydrogen (secondary N) is 3. The van der Waals surface area contributed by atoms with Crippen molar-refractivity contribution in [2.24, 2.45) is 0 Å². The fourth-order valence-corrected chi connectivity index (χ4v) is 12.4. The van der Waals surface area contributed by atoms with Gasteiger partial charge < -0.3 is 40.9 Å². The fraction of sp³-hybridized carbons (Fsp3) is 0.0952. The molecular weight excluding hydrogens is 1240 g/mol. The molecule has 0 unspecified atom stereocenters. The molecule has 0 bridgehead atoms. The summed E-state index contributed by atoms with van der Waals surface area (Å²) in [5.41, 5.74) is 5.74. The van der Waals surface area contributed by atoms with Crippen molar-refractivity contribution in [3.63, 3.8) is 0 Å². The molecule has 0 aliphatic heterocycles. The number of phenolic OH excluding ortho intramolecular Hbond substituents is 3. The largest absolute Gasteiger partial charge is 0.505 e. The second-order valence-electron chi connectivity index (χ2n) is 17.7. The zero-order chi connectivity index (χ0) is 58.7. The maximum absolute atomic E-state index is 11.7. The lowest BCUT2D eigenvalue weighted by Crippen LogP contribution is -2.03. The van der Waals surface area contributed by atoms with Crippen LogP contribution in [0.4, 0.5) is 17.1 Å². The molecule has 0 aliphatic carbocycles. The zero-order valence-electron chi connectivity index (χ0n) is 43.4. The van der Waals surface area contributed by atoms with Crippen LogP contribution in [0.25, 0.3) is 0 Å². The third kappa shape index (κ3) is 18.4. The van der Waals surface area contributed by atoms with E-state index in [0.29, 0.717) is 83.0 Å². The van der Waals surface area contributed by atoms with E-state index in [9.17, 15) is 29.7 Å². The average molecular weight is 1290 g/mol. The molecule has 9 aromatic carbocycles. The van der Waals surface area contributed by atoms with Crippen molar-refractivity contribution in [1.29, 1.82) is 0 Å². The van der Waals surface area contributed by atoms with E-state index < -0.39 is 0 Å². The molecule has 420 valence electrons. The Labute approximate surface area is 523 Å². The van der Waals surface area contributed by atoms with Gasteiger partial charge in [0.05, 0.1) is 37.7 Å². The van der Waals surface area contributed by atoms with Gasteiger partial charge in [0, 0.05) is 93.1 Å². The summed E-state index contributed by atoms with van der Waals surface area (Å²) in [5, 5.41) is 44.4. The van der Waals surface area contributed by atoms with E-state index in [2.05, 4.69) is 16.0 Å². The lowest BCUT2D eigenvalue weighted by atomic mass is 10.1. The number of hydrogen-bond donors (Lipinski definition) is 6. The van der Waals surface area contributed by atoms with Gasteiger partial charge in [0.25, 0.3) is 0 Å². The molecule has 9 rings (SSSR count). The minimum Gasteiger partial charge on any atom is -0.505 e. The average Bonchev–Trinajstić information content (AvgIpc) is 3.53. The van der Waals surface area contributed by atoms with Crippen molar-refractivity contribution >= 4 is 152 Å². The van der Waals surface area contributed by atoms with E-state index >= 15 is 0 Å². The third-order valence-corrected chi connectivity index (χ3v) is 17.4. The number of rotatable bonds is 20. The van der Waals surface area contributed by atoms with E-state index in [0.717, 1.165) is 58.6 Å². The van der Waals surface area contributed by atoms with Crippen LogP contribution in [0.15, 0.2) is 205 Å². The summed E-state index contributed by atoms with van der Waals surface area (Å²) in [6.07, 6.45) is 1.69. The van der Waals surface area contributed by atoms with E-state index in [1.54, 1.807) is 71.7 Å². The van der Waals surface area contributed by atoms with Crippen molar-refractivity contribution < 1.29 is 29.7 Å². The van der Waals surface area contributed by atoms with E-state index in [1.165, 1.54) is 13.0 Å². The first kappa shape index (κ1) is 63.5. The molecule has 0 aromatic heterocycles. The number of benzene rings is 9. The van der Waals surface area contributed by atoms with Crippen LogP contribution in [0.5, 0.6) is 17.2 Å². The monoisotopic (exact) mass is 1290 g/mol. The smallest absolute Gasteiger partial charge is 0.163 e. The molecule has 9 nitrogen and oxygen atoms in total. The van der Waals surface area contributed by atoms with Crippen molar-refractivity contribution in [2.75, 3.05) is 16.0 Å². The Kier molecular flexibility index (Phi) is 24.4. The van der Waals surface area contributed by atoms with Crippen molar-refractivity contribution in [2.45, 2.75) is 68.8 Å². The van der Waals surface area contributed by atoms with Crippen molar-refractivity contribution in [3.05, 3.63) is 244 Å². The molecule has 0 saturated carbocycles. The highest BCUT2D eigenvalue weighted by atomic mass is 35.5. The maximum Gasteiger partial charge on any atom is 0.163 e. The lowest BCUT2D eigenvalue weighted by Gasteiger charge is -2.14. The van der Waals surface area contributed by atoms with Gasteiger partial charge in [0.15, 0.2) is 5.78 Å². The van der Waals surface area contributed by atoms with Gasteiger partial charge >= 0.3 is 0 Å². The summed E-state index contributed by atoms with van der Waals surface area (Å²) in [6.45, 7) is 2.82. The molecule has 0 fully saturated rings. The standard InChI is InChI=1S/C21H16Cl3NO2S.2C21H17Cl2NO2S/c22-15-9-13(7-8-26)21(27)19(10-15)25-12-14-3-1-2-4-20(14)28-16-5-6-17(23)18(24)11-16;1-13(25)16-10-15(22)11-18(21(16)26)24-12-14-6-2-4-8-19(14)27-20-9-5-3-7-17(20)23;22-16-5-3-6-18(11-16)27-20-7-2-1-4-15(20)13-24-19-12-17(23)10-14(8-9-25)21(19)26/h1-6,8-11,25,27H,7,12H2;2-11,24,26H,12H2,1H3;1-7,9-12,24,26H,8,13H2. The number of halogens is 7. The lowest BCUT2D eigenvalue weighted by molar-refractivity contribution is -0.108. The summed E-state index contributed by atoms with van der Waals surface area (Å²) in [7, 11) is 0. The predicted octanol–water partition coefficient (Wildman–Crippen LogP) is 19.7. The van der Waals surface area contributed by atoms with Gasteiger partial charge in [-0.15, -0.1) is 0 Å². The number of carbonyl (C=O) groups is 3. The number of phenols is 3. The summed E-state index contributed by atoms with van der Waals surface area (Å²) < 4.78 is 0. The molecule has 0 spiro atoms. The summed E-state index contributed by atoms with van der Waals surface area (Å²) in [5.74, 6) is -0.256. The SMILES string of the molecule is CC(=O)c1cc(Cl)cc(NCc2ccccc2Sc2ccccc2Cl)c1O.O=CCc1cc(Cl)cc(NCc2ccccc2Sc2ccc(Cl)c(Cl)c2)c1O.O=CCc1cc(Cl)cc(NCc2ccccc2Sc2cccc(Cl)c2)c1O. The van der Waals surface area contributed by atoms with Crippen LogP contribution in [0, 0.1) is 0 Å². The Morgan fingerprint density at radius 1 is 0.402 bits per heavy atom. The Hall–Kier alpha value is -6.13. The number of aldehydes is 2. The Morgan fingerprint density at radius 2 is 0.829 bits per heavy atom. The quantitative estimate of drug-likeness (QED) is 0.0245. The topological polar surface area (TPSA) is 148 Å². The first-order valence-electron chi connectivity index (χ1n) is 24.9. The molecule has 0 radical (unpaired) electrons. The van der Waals surface area contributed by atoms with Gasteiger partial charge in [-0.25, -0.2) is 0 Å². The van der Waals surface area contributed by atoms with E-state index in [-0.39, 0.29) is 41.4 Å². The number of ketones is 1. The summed E-state index contributed by atoms with van der Waals surface area (Å²) in [6, 6.07) is 54.3. The summed E-state index contributed by atoms with van der Waals surface area (Å²) >= 11 is 47.5. The van der Waals surface area contributed by atoms with Crippen LogP contribution in [-0.2, 0) is 42.1 Å². The highest BCUT2D eigenvalue weighted by Crippen LogP contribution is 2.40. The van der Waals surface area contributed by atoms with Crippen LogP contribution < -0.4 is 16.0 Å². The first-order chi connectivity index (χ1) is 39.5. The van der Waals surface area contributed by atoms with Crippen LogP contribution in [-0.4, -0.2) is 33.7 Å². The molecule has 9 aromatic rings. The third-order valence-electron chi connectivity index (χ3n) is 11.9. The maximum atomic E-state index is 11.7. The molecule has 82 heavy (non-hydrogen) atoms. The number of aromatic hydroxyl groups is 3. The highest BCUT2D eigenvalue weighted by Gasteiger charge is 2.16. The van der Waals surface area contributed by atoms with E-state index in [1.807, 2.05) is 133 Å². The van der Waals surface area contributed by atoms with Crippen LogP contribution >= 0.6 is 116 Å². The number of anilines is 3. The highest BCUT2D eigenvalue weighted by molar-refractivity contribution is 8.00. The van der Waals surface area contributed by atoms with Crippen LogP contribution in [0.3, 0.4) is 0 Å². The second-order valence-corrected chi connectivity index (χ2v) is 24.0. The minimum atomic E-state index is -0.243. The molecule has 0 heterocycles. The van der Waals surface area contributed by atoms with E-state index in [4.69, 9.17) is 81.2 Å². The van der Waals surface area contributed by atoms with Gasteiger partial charge in [-0.1, -0.05) is 189 Å². The first-order valence-corrected chi connectivity index (χ1v) is 30.0. The number of carbonyl (C=O) groups excluding carboxylic acids is 3. The molecule has 0 atom stereocenters. The van der Waals surface area contributed by atoms with Crippen molar-refractivity contribution in [1.82, 2.24) is 0 Å². The van der Waals surface area contributed by atoms with Gasteiger partial charge in [-0.3, -0.25) is 4.79 Å². The molecule has 0 aliphatic rings. The Bertz CT molecular complexity index is 3730. The molecule has 0 amide bonds. The van der Waals surface area contributed by atoms with Crippen LogP contribution in [0.1, 0.15) is 45.1 Å². The van der Waals surface area contributed by atoms with Gasteiger partial charge in [0.2, 0.25) is 0 Å². The minimum absolute atomic E-state index is 0.0334.